The molecule has 0 bridgehead atoms. The molecule has 0 saturated carbocycles. The van der Waals surface area contributed by atoms with Gasteiger partial charge in [0.25, 0.3) is 0 Å². The number of rotatable bonds is 0. The van der Waals surface area contributed by atoms with E-state index >= 15 is 0 Å². The lowest BCUT2D eigenvalue weighted by Gasteiger charge is -2.48. The van der Waals surface area contributed by atoms with Crippen LogP contribution in [0.1, 0.15) is 114 Å². The van der Waals surface area contributed by atoms with Crippen LogP contribution < -0.4 is 0 Å². The average molecular weight is 501 g/mol. The van der Waals surface area contributed by atoms with Crippen molar-refractivity contribution in [1.29, 1.82) is 0 Å². The minimum atomic E-state index is -0.0149. The maximum Gasteiger partial charge on any atom is 0.0842 e. The first-order chi connectivity index (χ1) is 13.1. The Kier molecular flexibility index (Phi) is 5.01. The van der Waals surface area contributed by atoms with Crippen LogP contribution in [-0.2, 0) is 20.1 Å². The van der Waals surface area contributed by atoms with E-state index in [1.807, 2.05) is 15.6 Å². The molecule has 0 amide bonds. The summed E-state index contributed by atoms with van der Waals surface area (Å²) in [7, 11) is 2.00. The third-order valence-electron chi connectivity index (χ3n) is 7.05. The van der Waals surface area contributed by atoms with Crippen LogP contribution in [0.5, 0.6) is 0 Å². The van der Waals surface area contributed by atoms with Crippen LogP contribution in [0, 0.1) is 16.2 Å². The minimum absolute atomic E-state index is 0.0112. The second kappa shape index (κ2) is 6.13. The highest BCUT2D eigenvalue weighted by Gasteiger charge is 2.88. The van der Waals surface area contributed by atoms with E-state index in [9.17, 15) is 0 Å². The van der Waals surface area contributed by atoms with Gasteiger partial charge in [-0.2, -0.15) is 0 Å². The van der Waals surface area contributed by atoms with Gasteiger partial charge in [0, 0.05) is 0 Å². The van der Waals surface area contributed by atoms with Crippen molar-refractivity contribution in [2.45, 2.75) is 124 Å². The second-order valence-corrected chi connectivity index (χ2v) is 30.7. The first kappa shape index (κ1) is 24.5. The molecule has 0 N–H and O–H groups in total. The summed E-state index contributed by atoms with van der Waals surface area (Å²) in [6.45, 7) is 38.6. The van der Waals surface area contributed by atoms with E-state index in [-0.39, 0.29) is 29.6 Å². The highest BCUT2D eigenvalue weighted by atomic mass is 32.2. The summed E-state index contributed by atoms with van der Waals surface area (Å²) in [5, 5.41) is 5.94. The Morgan fingerprint density at radius 3 is 1.33 bits per heavy atom. The molecule has 0 aromatic carbocycles. The fraction of sp³-hybridized carbons (Fsp3) is 0.880. The molecule has 3 aliphatic heterocycles. The van der Waals surface area contributed by atoms with Gasteiger partial charge in [0.05, 0.1) is 9.28 Å². The predicted octanol–water partition coefficient (Wildman–Crippen LogP) is 11.6. The SMILES string of the molecule is CC(C)(C)C1=P[C@]2(C(C)(C)C)p3c(C(C)(C)C)c(C(C)(C)C)p3[C@]3(C(C)(C)C)[P@]1[P@@]32. The van der Waals surface area contributed by atoms with E-state index < -0.39 is 0 Å². The molecule has 1 fully saturated rings. The van der Waals surface area contributed by atoms with Gasteiger partial charge < -0.3 is 0 Å². The standard InChI is InChI=1S/C25H45P5/c1-19(2,3)16-17(20(4,5)6)28-25(23(13,14)15)29-18(21(7,8)9)26-24(27(16)28,30(25)29)22(10,11)12/h1-15H3/t24-,25-,27?,28?,29-,30-/m1/s1. The fourth-order valence-corrected chi connectivity index (χ4v) is 55.4. The van der Waals surface area contributed by atoms with Crippen LogP contribution in [0.2, 0.25) is 0 Å². The smallest absolute Gasteiger partial charge is 0.0814 e. The van der Waals surface area contributed by atoms with E-state index in [2.05, 4.69) is 104 Å². The van der Waals surface area contributed by atoms with Crippen LogP contribution in [0.3, 0.4) is 0 Å². The van der Waals surface area contributed by atoms with Gasteiger partial charge in [0.15, 0.2) is 0 Å². The van der Waals surface area contributed by atoms with Crippen molar-refractivity contribution < 1.29 is 0 Å². The highest BCUT2D eigenvalue weighted by molar-refractivity contribution is 8.67. The first-order valence-electron chi connectivity index (χ1n) is 11.6. The van der Waals surface area contributed by atoms with Crippen LogP contribution in [-0.4, -0.2) is 5.03 Å². The van der Waals surface area contributed by atoms with E-state index in [0.29, 0.717) is 36.4 Å². The molecule has 1 saturated heterocycles. The molecule has 0 spiro atoms. The molecule has 1 aromatic heterocycles. The van der Waals surface area contributed by atoms with Crippen molar-refractivity contribution in [3.8, 4) is 0 Å². The summed E-state index contributed by atoms with van der Waals surface area (Å²) in [5.41, 5.74) is 1.86. The lowest BCUT2D eigenvalue weighted by molar-refractivity contribution is 0.394. The van der Waals surface area contributed by atoms with Crippen LogP contribution in [0.25, 0.3) is 0 Å². The zero-order valence-corrected chi connectivity index (χ0v) is 26.7. The van der Waals surface area contributed by atoms with Gasteiger partial charge in [-0.15, -0.1) is 0 Å². The number of hydrogen-bond donors (Lipinski definition) is 0. The Hall–Kier alpha value is 1.37. The average Bonchev–Trinajstić information content (AvgIpc) is 2.84. The molecule has 0 aliphatic carbocycles. The van der Waals surface area contributed by atoms with E-state index in [1.165, 1.54) is 0 Å². The zero-order chi connectivity index (χ0) is 23.2. The monoisotopic (exact) mass is 500 g/mol. The minimum Gasteiger partial charge on any atom is -0.0814 e. The highest BCUT2D eigenvalue weighted by Crippen LogP contribution is 3.30. The Morgan fingerprint density at radius 2 is 1.00 bits per heavy atom. The topological polar surface area (TPSA) is 0 Å². The molecule has 30 heavy (non-hydrogen) atoms. The second-order valence-electron chi connectivity index (χ2n) is 14.9. The Labute approximate surface area is 193 Å². The molecule has 5 heteroatoms. The van der Waals surface area contributed by atoms with Crippen molar-refractivity contribution >= 4 is 42.9 Å². The van der Waals surface area contributed by atoms with Crippen molar-refractivity contribution in [2.24, 2.45) is 16.2 Å². The van der Waals surface area contributed by atoms with Gasteiger partial charge >= 0.3 is 0 Å². The molecule has 4 heterocycles. The third kappa shape index (κ3) is 2.65. The van der Waals surface area contributed by atoms with E-state index in [1.54, 1.807) is 8.20 Å². The zero-order valence-electron chi connectivity index (χ0n) is 22.2. The molecule has 6 atom stereocenters. The summed E-state index contributed by atoms with van der Waals surface area (Å²) in [6.07, 6.45) is 0. The summed E-state index contributed by atoms with van der Waals surface area (Å²) in [6, 6.07) is 0. The molecule has 0 radical (unpaired) electrons. The summed E-state index contributed by atoms with van der Waals surface area (Å²) in [4.78, 5) is 0. The number of fused-ring (bicyclic) bond motifs is 4. The van der Waals surface area contributed by atoms with Crippen molar-refractivity contribution in [2.75, 3.05) is 0 Å². The maximum absolute atomic E-state index is 2.64. The molecule has 3 aliphatic rings. The molecule has 170 valence electrons. The van der Waals surface area contributed by atoms with Gasteiger partial charge in [-0.05, 0) is 57.9 Å². The molecular weight excluding hydrogens is 455 g/mol. The summed E-state index contributed by atoms with van der Waals surface area (Å²) < 4.78 is 1.26. The third-order valence-corrected chi connectivity index (χ3v) is 39.4. The molecule has 1 aromatic rings. The van der Waals surface area contributed by atoms with Crippen LogP contribution in [0.4, 0.5) is 0 Å². The molecule has 4 rings (SSSR count). The Bertz CT molecular complexity index is 939. The van der Waals surface area contributed by atoms with Crippen LogP contribution >= 0.6 is 37.8 Å². The Morgan fingerprint density at radius 1 is 0.567 bits per heavy atom. The Balaban J connectivity index is 2.17. The van der Waals surface area contributed by atoms with Crippen LogP contribution in [0.15, 0.2) is 0 Å². The van der Waals surface area contributed by atoms with E-state index in [4.69, 9.17) is 0 Å². The fourth-order valence-electron chi connectivity index (χ4n) is 5.90. The van der Waals surface area contributed by atoms with Gasteiger partial charge in [0.2, 0.25) is 0 Å². The quantitative estimate of drug-likeness (QED) is 0.311. The van der Waals surface area contributed by atoms with E-state index in [0.717, 1.165) is 0 Å². The van der Waals surface area contributed by atoms with Gasteiger partial charge in [-0.3, -0.25) is 0 Å². The largest absolute Gasteiger partial charge is 0.0842 e. The molecule has 0 nitrogen and oxygen atoms in total. The lowest BCUT2D eigenvalue weighted by Crippen LogP contribution is -2.29. The van der Waals surface area contributed by atoms with Gasteiger partial charge in [-0.25, -0.2) is 0 Å². The van der Waals surface area contributed by atoms with Crippen molar-refractivity contribution in [3.63, 3.8) is 0 Å². The lowest BCUT2D eigenvalue weighted by atomic mass is 9.86. The maximum atomic E-state index is 2.64. The molecular formula is C25H45P5. The van der Waals surface area contributed by atoms with Crippen molar-refractivity contribution in [3.05, 3.63) is 10.6 Å². The summed E-state index contributed by atoms with van der Waals surface area (Å²) >= 11 is 0. The van der Waals surface area contributed by atoms with Gasteiger partial charge in [-0.1, -0.05) is 126 Å². The predicted molar refractivity (Wildman–Crippen MR) is 149 cm³/mol. The first-order valence-corrected chi connectivity index (χ1v) is 19.3. The summed E-state index contributed by atoms with van der Waals surface area (Å²) in [5.74, 6) is 0. The van der Waals surface area contributed by atoms with Crippen molar-refractivity contribution in [1.82, 2.24) is 0 Å². The normalized spacial score (nSPS) is 35.4. The molecule has 2 unspecified atom stereocenters. The number of hydrogen-bond acceptors (Lipinski definition) is 0. The van der Waals surface area contributed by atoms with Gasteiger partial charge in [0.1, 0.15) is 0 Å².